The number of morpholine rings is 1. The number of H-pyrrole nitrogens is 1. The second-order valence-corrected chi connectivity index (χ2v) is 6.82. The lowest BCUT2D eigenvalue weighted by atomic mass is 10.2. The molecule has 3 aromatic rings. The molecule has 27 heavy (non-hydrogen) atoms. The van der Waals surface area contributed by atoms with Crippen molar-refractivity contribution in [3.8, 4) is 5.13 Å². The molecule has 0 radical (unpaired) electrons. The minimum Gasteiger partial charge on any atom is -0.378 e. The minimum absolute atomic E-state index is 0.137. The smallest absolute Gasteiger partial charge is 0.378 e. The van der Waals surface area contributed by atoms with Crippen LogP contribution in [0.25, 0.3) is 15.3 Å². The van der Waals surface area contributed by atoms with Gasteiger partial charge in [-0.1, -0.05) is 23.5 Å². The average Bonchev–Trinajstić information content (AvgIpc) is 3.21. The fourth-order valence-electron chi connectivity index (χ4n) is 2.68. The number of hydrogen-bond acceptors (Lipinski definition) is 6. The van der Waals surface area contributed by atoms with E-state index in [-0.39, 0.29) is 5.13 Å². The van der Waals surface area contributed by atoms with Crippen molar-refractivity contribution in [3.63, 3.8) is 0 Å². The summed E-state index contributed by atoms with van der Waals surface area (Å²) >= 11 is 1.13. The van der Waals surface area contributed by atoms with E-state index in [1.54, 1.807) is 29.3 Å². The third kappa shape index (κ3) is 3.47. The van der Waals surface area contributed by atoms with Crippen LogP contribution in [0.2, 0.25) is 0 Å². The molecule has 1 N–H and O–H groups in total. The Morgan fingerprint density at radius 3 is 2.70 bits per heavy atom. The van der Waals surface area contributed by atoms with Crippen molar-refractivity contribution in [1.29, 1.82) is 0 Å². The van der Waals surface area contributed by atoms with Crippen LogP contribution in [0.3, 0.4) is 0 Å². The zero-order valence-corrected chi connectivity index (χ0v) is 14.7. The van der Waals surface area contributed by atoms with Gasteiger partial charge in [-0.05, 0) is 12.1 Å². The molecule has 0 unspecified atom stereocenters. The molecule has 1 aliphatic heterocycles. The molecule has 1 aromatic carbocycles. The van der Waals surface area contributed by atoms with Gasteiger partial charge in [-0.25, -0.2) is 4.98 Å². The molecule has 4 rings (SSSR count). The van der Waals surface area contributed by atoms with Crippen LogP contribution in [0.1, 0.15) is 11.3 Å². The first-order chi connectivity index (χ1) is 12.9. The standard InChI is InChI=1S/C16H14F3N5O2S/c17-16(18,19)13-10(9-20-23-5-7-26-8-6-23)14(25)24(22-13)15-21-11-3-1-2-4-12(11)27-15/h1-4,9,22H,5-8H2. The van der Waals surface area contributed by atoms with Gasteiger partial charge >= 0.3 is 6.18 Å². The highest BCUT2D eigenvalue weighted by molar-refractivity contribution is 7.20. The molecule has 1 saturated heterocycles. The molecule has 11 heteroatoms. The molecule has 0 bridgehead atoms. The number of hydrazone groups is 1. The normalized spacial score (nSPS) is 15.9. The monoisotopic (exact) mass is 397 g/mol. The quantitative estimate of drug-likeness (QED) is 0.689. The van der Waals surface area contributed by atoms with Crippen LogP contribution in [0, 0.1) is 0 Å². The molecular formula is C16H14F3N5O2S. The third-order valence-corrected chi connectivity index (χ3v) is 5.04. The highest BCUT2D eigenvalue weighted by Crippen LogP contribution is 2.30. The van der Waals surface area contributed by atoms with Crippen LogP contribution in [-0.2, 0) is 10.9 Å². The summed E-state index contributed by atoms with van der Waals surface area (Å²) in [6, 6.07) is 7.08. The molecule has 142 valence electrons. The van der Waals surface area contributed by atoms with Gasteiger partial charge in [0.2, 0.25) is 5.13 Å². The summed E-state index contributed by atoms with van der Waals surface area (Å²) in [4.78, 5) is 16.9. The van der Waals surface area contributed by atoms with Crippen LogP contribution < -0.4 is 5.56 Å². The fourth-order valence-corrected chi connectivity index (χ4v) is 3.61. The molecule has 0 saturated carbocycles. The maximum Gasteiger partial charge on any atom is 0.433 e. The summed E-state index contributed by atoms with van der Waals surface area (Å²) in [5.74, 6) is 0. The van der Waals surface area contributed by atoms with E-state index in [0.29, 0.717) is 31.8 Å². The number of rotatable bonds is 3. The van der Waals surface area contributed by atoms with Crippen molar-refractivity contribution in [2.24, 2.45) is 5.10 Å². The summed E-state index contributed by atoms with van der Waals surface area (Å²) < 4.78 is 47.0. The zero-order chi connectivity index (χ0) is 19.0. The predicted molar refractivity (Wildman–Crippen MR) is 94.6 cm³/mol. The number of nitrogens with one attached hydrogen (secondary N) is 1. The number of hydrogen-bond donors (Lipinski definition) is 1. The maximum atomic E-state index is 13.4. The molecule has 2 aromatic heterocycles. The van der Waals surface area contributed by atoms with Gasteiger partial charge in [0, 0.05) is 0 Å². The number of halogens is 3. The number of benzene rings is 1. The molecule has 0 spiro atoms. The lowest BCUT2D eigenvalue weighted by molar-refractivity contribution is -0.141. The summed E-state index contributed by atoms with van der Waals surface area (Å²) in [6.07, 6.45) is -3.77. The van der Waals surface area contributed by atoms with Gasteiger partial charge in [-0.3, -0.25) is 14.9 Å². The van der Waals surface area contributed by atoms with Gasteiger partial charge in [0.15, 0.2) is 5.69 Å². The Labute approximate surface area is 154 Å². The van der Waals surface area contributed by atoms with Crippen LogP contribution in [0.5, 0.6) is 0 Å². The van der Waals surface area contributed by atoms with E-state index in [0.717, 1.165) is 26.9 Å². The Balaban J connectivity index is 1.78. The number of aromatic nitrogens is 3. The summed E-state index contributed by atoms with van der Waals surface area (Å²) in [5.41, 5.74) is -1.94. The molecule has 0 amide bonds. The number of thiazole rings is 1. The molecule has 1 aliphatic rings. The lowest BCUT2D eigenvalue weighted by Gasteiger charge is -2.23. The summed E-state index contributed by atoms with van der Waals surface area (Å²) in [5, 5.41) is 7.87. The van der Waals surface area contributed by atoms with Crippen molar-refractivity contribution >= 4 is 27.8 Å². The van der Waals surface area contributed by atoms with E-state index < -0.39 is 23.0 Å². The van der Waals surface area contributed by atoms with Gasteiger partial charge in [0.05, 0.1) is 48.3 Å². The number of para-hydroxylation sites is 1. The summed E-state index contributed by atoms with van der Waals surface area (Å²) in [7, 11) is 0. The van der Waals surface area contributed by atoms with Crippen LogP contribution in [0.4, 0.5) is 13.2 Å². The van der Waals surface area contributed by atoms with Gasteiger partial charge < -0.3 is 4.74 Å². The SMILES string of the molecule is O=c1c(C=NN2CCOCC2)c(C(F)(F)F)[nH]n1-c1nc2ccccc2s1. The maximum absolute atomic E-state index is 13.4. The molecular weight excluding hydrogens is 383 g/mol. The van der Waals surface area contributed by atoms with E-state index in [9.17, 15) is 18.0 Å². The lowest BCUT2D eigenvalue weighted by Crippen LogP contribution is -2.32. The van der Waals surface area contributed by atoms with E-state index in [1.165, 1.54) is 0 Å². The Hall–Kier alpha value is -2.66. The van der Waals surface area contributed by atoms with Crippen molar-refractivity contribution < 1.29 is 17.9 Å². The van der Waals surface area contributed by atoms with Crippen LogP contribution >= 0.6 is 11.3 Å². The first-order valence-corrected chi connectivity index (χ1v) is 8.90. The number of aromatic amines is 1. The molecule has 7 nitrogen and oxygen atoms in total. The molecule has 0 atom stereocenters. The number of nitrogens with zero attached hydrogens (tertiary/aromatic N) is 4. The van der Waals surface area contributed by atoms with Gasteiger partial charge in [-0.15, -0.1) is 0 Å². The first kappa shape index (κ1) is 17.7. The number of fused-ring (bicyclic) bond motifs is 1. The second kappa shape index (κ2) is 6.82. The minimum atomic E-state index is -4.73. The highest BCUT2D eigenvalue weighted by atomic mass is 32.1. The topological polar surface area (TPSA) is 75.5 Å². The number of alkyl halides is 3. The van der Waals surface area contributed by atoms with Crippen molar-refractivity contribution in [1.82, 2.24) is 19.8 Å². The van der Waals surface area contributed by atoms with Crippen molar-refractivity contribution in [2.75, 3.05) is 26.3 Å². The van der Waals surface area contributed by atoms with E-state index >= 15 is 0 Å². The fraction of sp³-hybridized carbons (Fsp3) is 0.312. The largest absolute Gasteiger partial charge is 0.433 e. The van der Waals surface area contributed by atoms with E-state index in [2.05, 4.69) is 15.2 Å². The van der Waals surface area contributed by atoms with E-state index in [1.807, 2.05) is 0 Å². The average molecular weight is 397 g/mol. The van der Waals surface area contributed by atoms with Gasteiger partial charge in [-0.2, -0.15) is 23.0 Å². The Bertz CT molecular complexity index is 1010. The third-order valence-electron chi connectivity index (χ3n) is 4.02. The number of ether oxygens (including phenoxy) is 1. The van der Waals surface area contributed by atoms with Gasteiger partial charge in [0.1, 0.15) is 0 Å². The molecule has 0 aliphatic carbocycles. The Kier molecular flexibility index (Phi) is 4.48. The first-order valence-electron chi connectivity index (χ1n) is 8.08. The molecule has 1 fully saturated rings. The Morgan fingerprint density at radius 1 is 1.26 bits per heavy atom. The van der Waals surface area contributed by atoms with Gasteiger partial charge in [0.25, 0.3) is 5.56 Å². The van der Waals surface area contributed by atoms with Crippen LogP contribution in [0.15, 0.2) is 34.2 Å². The highest BCUT2D eigenvalue weighted by Gasteiger charge is 2.38. The molecule has 3 heterocycles. The van der Waals surface area contributed by atoms with Crippen LogP contribution in [-0.4, -0.2) is 52.3 Å². The Morgan fingerprint density at radius 2 is 2.00 bits per heavy atom. The predicted octanol–water partition coefficient (Wildman–Crippen LogP) is 2.46. The van der Waals surface area contributed by atoms with E-state index in [4.69, 9.17) is 4.74 Å². The summed E-state index contributed by atoms with van der Waals surface area (Å²) in [6.45, 7) is 1.78. The second-order valence-electron chi connectivity index (χ2n) is 5.81. The van der Waals surface area contributed by atoms with Crippen molar-refractivity contribution in [2.45, 2.75) is 6.18 Å². The zero-order valence-electron chi connectivity index (χ0n) is 13.9. The van der Waals surface area contributed by atoms with Crippen molar-refractivity contribution in [3.05, 3.63) is 45.9 Å².